The minimum Gasteiger partial charge on any atom is -0.455 e. The Labute approximate surface area is 279 Å². The normalized spacial score (nSPS) is 11.3. The standard InChI is InChI=1S/C46H31NO/c1-4-15-32(16-5-1)33-27-29-35(30-28-33)38-24-14-26-44-45(38)41-31-43(39-22-10-11-23-40(39)46(41)48-44)47(36-19-8-3-9-20-36)42-25-13-12-21-37(42)34-17-6-2-7-18-34/h1-31H. The third-order valence-electron chi connectivity index (χ3n) is 9.27. The van der Waals surface area contributed by atoms with Crippen molar-refractivity contribution < 1.29 is 4.42 Å². The molecule has 9 rings (SSSR count). The fraction of sp³-hybridized carbons (Fsp3) is 0. The van der Waals surface area contributed by atoms with Crippen molar-refractivity contribution in [1.29, 1.82) is 0 Å². The Balaban J connectivity index is 1.31. The Kier molecular flexibility index (Phi) is 6.84. The lowest BCUT2D eigenvalue weighted by Crippen LogP contribution is -2.11. The SMILES string of the molecule is c1ccc(-c2ccc(-c3cccc4oc5c6ccccc6c(N(c6ccccc6)c6ccccc6-c6ccccc6)cc5c34)cc2)cc1. The average molecular weight is 614 g/mol. The first-order chi connectivity index (χ1) is 23.8. The molecule has 226 valence electrons. The smallest absolute Gasteiger partial charge is 0.143 e. The highest BCUT2D eigenvalue weighted by molar-refractivity contribution is 6.22. The predicted octanol–water partition coefficient (Wildman–Crippen LogP) is 13.2. The van der Waals surface area contributed by atoms with Crippen LogP contribution in [0.5, 0.6) is 0 Å². The molecule has 48 heavy (non-hydrogen) atoms. The van der Waals surface area contributed by atoms with Gasteiger partial charge in [0.25, 0.3) is 0 Å². The van der Waals surface area contributed by atoms with Crippen LogP contribution in [-0.2, 0) is 0 Å². The largest absolute Gasteiger partial charge is 0.455 e. The highest BCUT2D eigenvalue weighted by atomic mass is 16.3. The molecule has 2 nitrogen and oxygen atoms in total. The van der Waals surface area contributed by atoms with E-state index >= 15 is 0 Å². The number of hydrogen-bond donors (Lipinski definition) is 0. The number of para-hydroxylation sites is 2. The van der Waals surface area contributed by atoms with E-state index in [1.54, 1.807) is 0 Å². The number of furan rings is 1. The van der Waals surface area contributed by atoms with Gasteiger partial charge < -0.3 is 9.32 Å². The average Bonchev–Trinajstić information content (AvgIpc) is 3.56. The first kappa shape index (κ1) is 27.9. The van der Waals surface area contributed by atoms with Gasteiger partial charge in [0.1, 0.15) is 11.2 Å². The molecule has 9 aromatic rings. The summed E-state index contributed by atoms with van der Waals surface area (Å²) < 4.78 is 6.74. The Morgan fingerprint density at radius 2 is 0.896 bits per heavy atom. The van der Waals surface area contributed by atoms with Gasteiger partial charge in [-0.15, -0.1) is 0 Å². The van der Waals surface area contributed by atoms with Crippen LogP contribution in [0.15, 0.2) is 192 Å². The summed E-state index contributed by atoms with van der Waals surface area (Å²) in [6.45, 7) is 0. The van der Waals surface area contributed by atoms with Gasteiger partial charge in [-0.1, -0.05) is 158 Å². The van der Waals surface area contributed by atoms with E-state index < -0.39 is 0 Å². The fourth-order valence-corrected chi connectivity index (χ4v) is 7.04. The summed E-state index contributed by atoms with van der Waals surface area (Å²) in [5.74, 6) is 0. The summed E-state index contributed by atoms with van der Waals surface area (Å²) in [4.78, 5) is 2.40. The molecule has 0 aliphatic rings. The highest BCUT2D eigenvalue weighted by Gasteiger charge is 2.23. The Morgan fingerprint density at radius 3 is 1.65 bits per heavy atom. The van der Waals surface area contributed by atoms with Crippen molar-refractivity contribution in [3.8, 4) is 33.4 Å². The summed E-state index contributed by atoms with van der Waals surface area (Å²) in [6, 6.07) is 66.8. The quantitative estimate of drug-likeness (QED) is 0.185. The van der Waals surface area contributed by atoms with E-state index in [1.165, 1.54) is 22.3 Å². The lowest BCUT2D eigenvalue weighted by molar-refractivity contribution is 0.673. The van der Waals surface area contributed by atoms with Crippen molar-refractivity contribution in [2.75, 3.05) is 4.90 Å². The summed E-state index contributed by atoms with van der Waals surface area (Å²) in [5, 5.41) is 4.44. The van der Waals surface area contributed by atoms with E-state index in [0.717, 1.165) is 60.9 Å². The highest BCUT2D eigenvalue weighted by Crippen LogP contribution is 2.48. The molecule has 0 aliphatic carbocycles. The predicted molar refractivity (Wildman–Crippen MR) is 202 cm³/mol. The maximum atomic E-state index is 6.74. The Morgan fingerprint density at radius 1 is 0.354 bits per heavy atom. The molecule has 0 amide bonds. The van der Waals surface area contributed by atoms with Crippen LogP contribution in [0.1, 0.15) is 0 Å². The van der Waals surface area contributed by atoms with E-state index in [-0.39, 0.29) is 0 Å². The van der Waals surface area contributed by atoms with Gasteiger partial charge >= 0.3 is 0 Å². The van der Waals surface area contributed by atoms with Crippen LogP contribution < -0.4 is 4.90 Å². The van der Waals surface area contributed by atoms with Crippen LogP contribution in [0.2, 0.25) is 0 Å². The van der Waals surface area contributed by atoms with Crippen LogP contribution in [0.3, 0.4) is 0 Å². The van der Waals surface area contributed by atoms with Crippen molar-refractivity contribution >= 4 is 49.8 Å². The summed E-state index contributed by atoms with van der Waals surface area (Å²) in [7, 11) is 0. The zero-order valence-electron chi connectivity index (χ0n) is 26.3. The molecule has 0 N–H and O–H groups in total. The molecular weight excluding hydrogens is 583 g/mol. The number of nitrogens with zero attached hydrogens (tertiary/aromatic N) is 1. The van der Waals surface area contributed by atoms with Gasteiger partial charge in [0.2, 0.25) is 0 Å². The van der Waals surface area contributed by atoms with Gasteiger partial charge in [0.05, 0.1) is 11.4 Å². The van der Waals surface area contributed by atoms with Crippen LogP contribution in [0.25, 0.3) is 66.1 Å². The minimum atomic E-state index is 0.882. The summed E-state index contributed by atoms with van der Waals surface area (Å²) in [6.07, 6.45) is 0. The maximum absolute atomic E-state index is 6.74. The van der Waals surface area contributed by atoms with Crippen molar-refractivity contribution in [2.24, 2.45) is 0 Å². The van der Waals surface area contributed by atoms with Crippen molar-refractivity contribution in [2.45, 2.75) is 0 Å². The Hall–Kier alpha value is -6.38. The van der Waals surface area contributed by atoms with Crippen molar-refractivity contribution in [3.63, 3.8) is 0 Å². The Bertz CT molecular complexity index is 2530. The lowest BCUT2D eigenvalue weighted by Gasteiger charge is -2.29. The molecule has 1 aromatic heterocycles. The molecule has 8 aromatic carbocycles. The third-order valence-corrected chi connectivity index (χ3v) is 9.27. The number of hydrogen-bond acceptors (Lipinski definition) is 2. The van der Waals surface area contributed by atoms with E-state index in [9.17, 15) is 0 Å². The van der Waals surface area contributed by atoms with Crippen LogP contribution in [0.4, 0.5) is 17.1 Å². The van der Waals surface area contributed by atoms with E-state index in [4.69, 9.17) is 4.42 Å². The molecule has 2 heteroatoms. The monoisotopic (exact) mass is 613 g/mol. The molecule has 0 spiro atoms. The van der Waals surface area contributed by atoms with Crippen molar-refractivity contribution in [1.82, 2.24) is 0 Å². The molecule has 0 fully saturated rings. The molecule has 0 bridgehead atoms. The lowest BCUT2D eigenvalue weighted by atomic mass is 9.95. The van der Waals surface area contributed by atoms with E-state index in [0.29, 0.717) is 0 Å². The summed E-state index contributed by atoms with van der Waals surface area (Å²) >= 11 is 0. The molecule has 1 heterocycles. The van der Waals surface area contributed by atoms with Crippen LogP contribution >= 0.6 is 0 Å². The van der Waals surface area contributed by atoms with Crippen LogP contribution in [0, 0.1) is 0 Å². The second-order valence-electron chi connectivity index (χ2n) is 12.1. The van der Waals surface area contributed by atoms with Gasteiger partial charge in [0, 0.05) is 32.8 Å². The number of fused-ring (bicyclic) bond motifs is 5. The molecule has 0 saturated heterocycles. The fourth-order valence-electron chi connectivity index (χ4n) is 7.04. The molecule has 0 saturated carbocycles. The van der Waals surface area contributed by atoms with Gasteiger partial charge in [-0.05, 0) is 58.1 Å². The zero-order valence-corrected chi connectivity index (χ0v) is 26.3. The number of rotatable bonds is 6. The number of anilines is 3. The zero-order chi connectivity index (χ0) is 31.9. The van der Waals surface area contributed by atoms with Gasteiger partial charge in [-0.3, -0.25) is 0 Å². The first-order valence-corrected chi connectivity index (χ1v) is 16.4. The second-order valence-corrected chi connectivity index (χ2v) is 12.1. The molecule has 0 atom stereocenters. The van der Waals surface area contributed by atoms with Crippen molar-refractivity contribution in [3.05, 3.63) is 188 Å². The minimum absolute atomic E-state index is 0.882. The first-order valence-electron chi connectivity index (χ1n) is 16.4. The molecule has 0 aliphatic heterocycles. The topological polar surface area (TPSA) is 16.4 Å². The third kappa shape index (κ3) is 4.74. The summed E-state index contributed by atoms with van der Waals surface area (Å²) in [5.41, 5.74) is 12.2. The molecule has 0 radical (unpaired) electrons. The van der Waals surface area contributed by atoms with Gasteiger partial charge in [-0.2, -0.15) is 0 Å². The number of benzene rings is 8. The molecular formula is C46H31NO. The molecule has 0 unspecified atom stereocenters. The van der Waals surface area contributed by atoms with Crippen LogP contribution in [-0.4, -0.2) is 0 Å². The van der Waals surface area contributed by atoms with E-state index in [1.807, 2.05) is 0 Å². The maximum Gasteiger partial charge on any atom is 0.143 e. The second kappa shape index (κ2) is 11.8. The van der Waals surface area contributed by atoms with E-state index in [2.05, 4.69) is 193 Å². The van der Waals surface area contributed by atoms with Gasteiger partial charge in [0.15, 0.2) is 0 Å². The van der Waals surface area contributed by atoms with Gasteiger partial charge in [-0.25, -0.2) is 0 Å².